The lowest BCUT2D eigenvalue weighted by Crippen LogP contribution is -2.31. The van der Waals surface area contributed by atoms with Gasteiger partial charge in [-0.05, 0) is 22.9 Å². The van der Waals surface area contributed by atoms with E-state index in [2.05, 4.69) is 28.0 Å². The first-order valence-electron chi connectivity index (χ1n) is 2.92. The molecule has 4 heteroatoms. The maximum absolute atomic E-state index is 4.10. The van der Waals surface area contributed by atoms with Crippen molar-refractivity contribution in [2.24, 2.45) is 5.10 Å². The Morgan fingerprint density at radius 2 is 2.44 bits per heavy atom. The van der Waals surface area contributed by atoms with Gasteiger partial charge in [0, 0.05) is 13.6 Å². The third-order valence-electron chi connectivity index (χ3n) is 1.29. The summed E-state index contributed by atoms with van der Waals surface area (Å²) >= 11 is 3.46. The molecular weight excluding hydrogens is 182 g/mol. The minimum atomic E-state index is 0.252. The Morgan fingerprint density at radius 1 is 1.78 bits per heavy atom. The Balaban J connectivity index is 2.51. The van der Waals surface area contributed by atoms with E-state index in [-0.39, 0.29) is 5.08 Å². The predicted octanol–water partition coefficient (Wildman–Crippen LogP) is 0.876. The van der Waals surface area contributed by atoms with Crippen LogP contribution in [0.15, 0.2) is 5.10 Å². The molecule has 0 aromatic rings. The van der Waals surface area contributed by atoms with Crippen LogP contribution in [0.5, 0.6) is 0 Å². The molecule has 0 bridgehead atoms. The number of hydrazone groups is 1. The monoisotopic (exact) mass is 191 g/mol. The molecule has 1 rings (SSSR count). The smallest absolute Gasteiger partial charge is 0.175 e. The molecule has 0 aliphatic carbocycles. The van der Waals surface area contributed by atoms with Crippen molar-refractivity contribution in [3.63, 3.8) is 0 Å². The van der Waals surface area contributed by atoms with E-state index in [1.807, 2.05) is 23.3 Å². The Bertz CT molecular complexity index is 125. The summed E-state index contributed by atoms with van der Waals surface area (Å²) < 4.78 is 0. The highest BCUT2D eigenvalue weighted by molar-refractivity contribution is 9.09. The molecule has 1 atom stereocenters. The topological polar surface area (TPSA) is 18.8 Å². The minimum Gasteiger partial charge on any atom is -0.334 e. The highest BCUT2D eigenvalue weighted by Crippen LogP contribution is 2.14. The summed E-state index contributed by atoms with van der Waals surface area (Å²) in [6.45, 7) is 3.02. The largest absolute Gasteiger partial charge is 0.334 e. The number of alkyl halides is 1. The summed E-state index contributed by atoms with van der Waals surface area (Å²) in [4.78, 5) is 2.00. The Labute approximate surface area is 63.4 Å². The van der Waals surface area contributed by atoms with Gasteiger partial charge in [-0.3, -0.25) is 5.01 Å². The molecule has 0 amide bonds. The van der Waals surface area contributed by atoms with Crippen LogP contribution in [0.1, 0.15) is 6.92 Å². The summed E-state index contributed by atoms with van der Waals surface area (Å²) in [5.74, 6) is 0. The predicted molar refractivity (Wildman–Crippen MR) is 41.4 cm³/mol. The van der Waals surface area contributed by atoms with E-state index in [9.17, 15) is 0 Å². The quantitative estimate of drug-likeness (QED) is 0.453. The van der Waals surface area contributed by atoms with Crippen LogP contribution in [0, 0.1) is 0 Å². The van der Waals surface area contributed by atoms with E-state index >= 15 is 0 Å². The molecule has 52 valence electrons. The second-order valence-electron chi connectivity index (χ2n) is 1.96. The zero-order valence-electron chi connectivity index (χ0n) is 5.58. The lowest BCUT2D eigenvalue weighted by molar-refractivity contribution is 0.240. The fraction of sp³-hybridized carbons (Fsp3) is 0.800. The van der Waals surface area contributed by atoms with Crippen molar-refractivity contribution in [3.05, 3.63) is 0 Å². The zero-order chi connectivity index (χ0) is 6.85. The van der Waals surface area contributed by atoms with Gasteiger partial charge in [-0.25, -0.2) is 0 Å². The van der Waals surface area contributed by atoms with Gasteiger partial charge in [0.2, 0.25) is 0 Å². The third kappa shape index (κ3) is 1.18. The summed E-state index contributed by atoms with van der Waals surface area (Å²) in [5.41, 5.74) is 0. The van der Waals surface area contributed by atoms with Crippen molar-refractivity contribution in [1.82, 2.24) is 9.91 Å². The molecule has 0 N–H and O–H groups in total. The van der Waals surface area contributed by atoms with Crippen LogP contribution < -0.4 is 0 Å². The maximum atomic E-state index is 4.10. The van der Waals surface area contributed by atoms with Gasteiger partial charge in [-0.1, -0.05) is 0 Å². The van der Waals surface area contributed by atoms with Gasteiger partial charge in [0.25, 0.3) is 0 Å². The molecule has 1 aliphatic rings. The molecule has 0 saturated carbocycles. The number of nitrogens with zero attached hydrogens (tertiary/aromatic N) is 3. The average Bonchev–Trinajstić information content (AvgIpc) is 2.15. The molecule has 0 radical (unpaired) electrons. The minimum absolute atomic E-state index is 0.252. The van der Waals surface area contributed by atoms with E-state index in [4.69, 9.17) is 0 Å². The molecule has 3 nitrogen and oxygen atoms in total. The molecule has 0 saturated heterocycles. The molecule has 1 heterocycles. The Morgan fingerprint density at radius 3 is 2.67 bits per heavy atom. The van der Waals surface area contributed by atoms with Gasteiger partial charge in [-0.15, -0.1) is 0 Å². The van der Waals surface area contributed by atoms with Crippen LogP contribution in [0.2, 0.25) is 0 Å². The van der Waals surface area contributed by atoms with Gasteiger partial charge in [0.15, 0.2) is 5.08 Å². The first kappa shape index (κ1) is 6.86. The van der Waals surface area contributed by atoms with E-state index in [1.54, 1.807) is 0 Å². The van der Waals surface area contributed by atoms with Crippen molar-refractivity contribution in [2.45, 2.75) is 12.0 Å². The maximum Gasteiger partial charge on any atom is 0.175 e. The standard InChI is InChI=1S/C5H10BrN3/c1-3-9-5(6)8(2)4-7-9/h4-5H,3H2,1-2H3. The number of hydrogen-bond acceptors (Lipinski definition) is 3. The van der Waals surface area contributed by atoms with Crippen molar-refractivity contribution >= 4 is 22.3 Å². The fourth-order valence-corrected chi connectivity index (χ4v) is 1.20. The van der Waals surface area contributed by atoms with E-state index in [0.717, 1.165) is 6.54 Å². The SMILES string of the molecule is CCN1N=CN(C)C1Br. The van der Waals surface area contributed by atoms with Crippen LogP contribution in [0.3, 0.4) is 0 Å². The van der Waals surface area contributed by atoms with Crippen LogP contribution in [-0.4, -0.2) is 34.9 Å². The van der Waals surface area contributed by atoms with Crippen molar-refractivity contribution in [1.29, 1.82) is 0 Å². The number of hydrogen-bond donors (Lipinski definition) is 0. The molecule has 0 aromatic carbocycles. The Hall–Kier alpha value is -0.250. The molecule has 0 aromatic heterocycles. The highest BCUT2D eigenvalue weighted by Gasteiger charge is 2.19. The van der Waals surface area contributed by atoms with Crippen LogP contribution in [0.4, 0.5) is 0 Å². The summed E-state index contributed by atoms with van der Waals surface area (Å²) in [6, 6.07) is 0. The molecular formula is C5H10BrN3. The van der Waals surface area contributed by atoms with Crippen LogP contribution in [-0.2, 0) is 0 Å². The second-order valence-corrected chi connectivity index (χ2v) is 2.78. The molecule has 1 aliphatic heterocycles. The van der Waals surface area contributed by atoms with E-state index in [1.165, 1.54) is 0 Å². The summed E-state index contributed by atoms with van der Waals surface area (Å²) in [7, 11) is 1.98. The number of halogens is 1. The summed E-state index contributed by atoms with van der Waals surface area (Å²) in [6.07, 6.45) is 1.81. The van der Waals surface area contributed by atoms with Gasteiger partial charge in [0.05, 0.1) is 0 Å². The average molecular weight is 192 g/mol. The molecule has 9 heavy (non-hydrogen) atoms. The van der Waals surface area contributed by atoms with Crippen molar-refractivity contribution in [2.75, 3.05) is 13.6 Å². The van der Waals surface area contributed by atoms with E-state index in [0.29, 0.717) is 0 Å². The first-order valence-corrected chi connectivity index (χ1v) is 3.84. The van der Waals surface area contributed by atoms with Gasteiger partial charge >= 0.3 is 0 Å². The summed E-state index contributed by atoms with van der Waals surface area (Å²) in [5, 5.41) is 6.31. The molecule has 0 fully saturated rings. The van der Waals surface area contributed by atoms with Crippen molar-refractivity contribution in [3.8, 4) is 0 Å². The first-order chi connectivity index (χ1) is 4.25. The van der Waals surface area contributed by atoms with Crippen LogP contribution in [0.25, 0.3) is 0 Å². The fourth-order valence-electron chi connectivity index (χ4n) is 0.700. The Kier molecular flexibility index (Phi) is 1.95. The third-order valence-corrected chi connectivity index (χ3v) is 2.41. The normalized spacial score (nSPS) is 25.9. The highest BCUT2D eigenvalue weighted by atomic mass is 79.9. The van der Waals surface area contributed by atoms with Gasteiger partial charge in [0.1, 0.15) is 6.34 Å². The second kappa shape index (κ2) is 2.56. The zero-order valence-corrected chi connectivity index (χ0v) is 7.17. The van der Waals surface area contributed by atoms with Crippen molar-refractivity contribution < 1.29 is 0 Å². The number of rotatable bonds is 1. The lowest BCUT2D eigenvalue weighted by atomic mass is 10.7. The molecule has 0 spiro atoms. The van der Waals surface area contributed by atoms with Crippen LogP contribution >= 0.6 is 15.9 Å². The van der Waals surface area contributed by atoms with Gasteiger partial charge < -0.3 is 4.90 Å². The lowest BCUT2D eigenvalue weighted by Gasteiger charge is -2.20. The van der Waals surface area contributed by atoms with Gasteiger partial charge in [-0.2, -0.15) is 5.10 Å². The molecule has 1 unspecified atom stereocenters. The van der Waals surface area contributed by atoms with E-state index < -0.39 is 0 Å².